The molecule has 0 aromatic heterocycles. The van der Waals surface area contributed by atoms with Crippen LogP contribution in [0.15, 0.2) is 0 Å². The Hall–Kier alpha value is -1.21. The number of rotatable bonds is 2. The molecule has 1 aliphatic carbocycles. The van der Waals surface area contributed by atoms with E-state index in [2.05, 4.69) is 11.2 Å². The summed E-state index contributed by atoms with van der Waals surface area (Å²) in [4.78, 5) is 13.9. The number of ether oxygens (including phenoxy) is 1. The van der Waals surface area contributed by atoms with Gasteiger partial charge in [0, 0.05) is 13.1 Å². The lowest BCUT2D eigenvalue weighted by Gasteiger charge is -2.31. The quantitative estimate of drug-likeness (QED) is 0.757. The minimum Gasteiger partial charge on any atom is -0.378 e. The average molecular weight is 250 g/mol. The molecule has 2 amide bonds. The maximum Gasteiger partial charge on any atom is 0.318 e. The first-order valence-corrected chi connectivity index (χ1v) is 6.90. The summed E-state index contributed by atoms with van der Waals surface area (Å²) in [6, 6.07) is -0.146. The molecule has 1 heterocycles. The number of hydrogen-bond acceptors (Lipinski definition) is 2. The Morgan fingerprint density at radius 3 is 2.56 bits per heavy atom. The molecular weight excluding hydrogens is 228 g/mol. The normalized spacial score (nSPS) is 23.2. The number of nitrogens with zero attached hydrogens (tertiary/aromatic N) is 1. The fourth-order valence-corrected chi connectivity index (χ4v) is 2.75. The van der Waals surface area contributed by atoms with Crippen molar-refractivity contribution in [1.29, 1.82) is 0 Å². The van der Waals surface area contributed by atoms with Crippen LogP contribution in [0, 0.1) is 18.3 Å². The molecule has 0 aromatic carbocycles. The number of nitrogens with one attached hydrogen (secondary N) is 1. The molecule has 1 atom stereocenters. The lowest BCUT2D eigenvalue weighted by Crippen LogP contribution is -2.50. The predicted octanol–water partition coefficient (Wildman–Crippen LogP) is 1.61. The molecule has 1 saturated carbocycles. The van der Waals surface area contributed by atoms with E-state index in [9.17, 15) is 4.79 Å². The van der Waals surface area contributed by atoms with Gasteiger partial charge in [-0.1, -0.05) is 25.2 Å². The summed E-state index contributed by atoms with van der Waals surface area (Å²) in [5.74, 6) is 3.20. The first-order valence-electron chi connectivity index (χ1n) is 6.90. The van der Waals surface area contributed by atoms with Crippen LogP contribution in [0.1, 0.15) is 32.1 Å². The zero-order valence-electron chi connectivity index (χ0n) is 10.9. The van der Waals surface area contributed by atoms with Gasteiger partial charge in [0.2, 0.25) is 0 Å². The van der Waals surface area contributed by atoms with Crippen molar-refractivity contribution in [1.82, 2.24) is 10.2 Å². The second-order valence-electron chi connectivity index (χ2n) is 5.09. The van der Waals surface area contributed by atoms with Crippen molar-refractivity contribution in [2.24, 2.45) is 5.92 Å². The summed E-state index contributed by atoms with van der Waals surface area (Å²) in [7, 11) is 0. The summed E-state index contributed by atoms with van der Waals surface area (Å²) in [5, 5.41) is 3.00. The van der Waals surface area contributed by atoms with Gasteiger partial charge in [0.15, 0.2) is 0 Å². The van der Waals surface area contributed by atoms with E-state index in [0.717, 1.165) is 12.8 Å². The maximum absolute atomic E-state index is 12.1. The highest BCUT2D eigenvalue weighted by Crippen LogP contribution is 2.26. The second-order valence-corrected chi connectivity index (χ2v) is 5.09. The van der Waals surface area contributed by atoms with Crippen LogP contribution in [-0.4, -0.2) is 43.3 Å². The largest absolute Gasteiger partial charge is 0.378 e. The fourth-order valence-electron chi connectivity index (χ4n) is 2.75. The highest BCUT2D eigenvalue weighted by Gasteiger charge is 2.25. The minimum absolute atomic E-state index is 0.0353. The van der Waals surface area contributed by atoms with Gasteiger partial charge in [-0.05, 0) is 18.8 Å². The van der Waals surface area contributed by atoms with Gasteiger partial charge in [-0.2, -0.15) is 0 Å². The van der Waals surface area contributed by atoms with Crippen LogP contribution in [0.5, 0.6) is 0 Å². The molecular formula is C14H22N2O2. The van der Waals surface area contributed by atoms with E-state index in [-0.39, 0.29) is 12.1 Å². The van der Waals surface area contributed by atoms with Crippen LogP contribution in [0.3, 0.4) is 0 Å². The molecule has 1 aliphatic heterocycles. The molecule has 0 aromatic rings. The van der Waals surface area contributed by atoms with Crippen molar-refractivity contribution in [3.63, 3.8) is 0 Å². The highest BCUT2D eigenvalue weighted by atomic mass is 16.5. The molecule has 4 heteroatoms. The molecule has 0 spiro atoms. The predicted molar refractivity (Wildman–Crippen MR) is 70.1 cm³/mol. The van der Waals surface area contributed by atoms with E-state index in [1.165, 1.54) is 19.3 Å². The fraction of sp³-hybridized carbons (Fsp3) is 0.786. The van der Waals surface area contributed by atoms with Gasteiger partial charge < -0.3 is 15.0 Å². The van der Waals surface area contributed by atoms with E-state index in [4.69, 9.17) is 11.2 Å². The lowest BCUT2D eigenvalue weighted by atomic mass is 9.84. The van der Waals surface area contributed by atoms with Crippen molar-refractivity contribution in [2.75, 3.05) is 26.3 Å². The Balaban J connectivity index is 1.85. The number of morpholine rings is 1. The average Bonchev–Trinajstić information content (AvgIpc) is 2.46. The van der Waals surface area contributed by atoms with Crippen LogP contribution in [0.2, 0.25) is 0 Å². The van der Waals surface area contributed by atoms with Gasteiger partial charge in [-0.15, -0.1) is 6.42 Å². The summed E-state index contributed by atoms with van der Waals surface area (Å²) >= 11 is 0. The number of carbonyl (C=O) groups is 1. The molecule has 100 valence electrons. The number of urea groups is 1. The van der Waals surface area contributed by atoms with Gasteiger partial charge in [0.1, 0.15) is 0 Å². The zero-order chi connectivity index (χ0) is 12.8. The Bertz CT molecular complexity index is 312. The molecule has 0 bridgehead atoms. The number of terminal acetylenes is 1. The summed E-state index contributed by atoms with van der Waals surface area (Å²) in [5.41, 5.74) is 0. The van der Waals surface area contributed by atoms with Gasteiger partial charge in [-0.3, -0.25) is 0 Å². The van der Waals surface area contributed by atoms with Crippen molar-refractivity contribution in [3.8, 4) is 12.3 Å². The van der Waals surface area contributed by atoms with Crippen molar-refractivity contribution in [2.45, 2.75) is 38.1 Å². The van der Waals surface area contributed by atoms with Gasteiger partial charge in [0.25, 0.3) is 0 Å². The third-order valence-electron chi connectivity index (χ3n) is 3.88. The summed E-state index contributed by atoms with van der Waals surface area (Å²) in [6.07, 6.45) is 11.6. The molecule has 0 radical (unpaired) electrons. The molecule has 1 unspecified atom stereocenters. The van der Waals surface area contributed by atoms with Crippen molar-refractivity contribution in [3.05, 3.63) is 0 Å². The van der Waals surface area contributed by atoms with Crippen LogP contribution < -0.4 is 5.32 Å². The van der Waals surface area contributed by atoms with E-state index < -0.39 is 0 Å². The standard InChI is InChI=1S/C14H22N2O2/c1-2-13(12-6-4-3-5-7-12)15-14(17)16-8-10-18-11-9-16/h1,12-13H,3-11H2,(H,15,17). The van der Waals surface area contributed by atoms with Crippen molar-refractivity contribution >= 4 is 6.03 Å². The number of carbonyl (C=O) groups excluding carboxylic acids is 1. The van der Waals surface area contributed by atoms with Crippen molar-refractivity contribution < 1.29 is 9.53 Å². The molecule has 1 saturated heterocycles. The molecule has 1 N–H and O–H groups in total. The monoisotopic (exact) mass is 250 g/mol. The van der Waals surface area contributed by atoms with E-state index in [0.29, 0.717) is 32.2 Å². The van der Waals surface area contributed by atoms with E-state index in [1.54, 1.807) is 4.90 Å². The molecule has 2 rings (SSSR count). The van der Waals surface area contributed by atoms with Crippen LogP contribution in [0.4, 0.5) is 4.79 Å². The smallest absolute Gasteiger partial charge is 0.318 e. The Labute approximate surface area is 109 Å². The van der Waals surface area contributed by atoms with Crippen LogP contribution in [0.25, 0.3) is 0 Å². The minimum atomic E-state index is -0.111. The maximum atomic E-state index is 12.1. The Kier molecular flexibility index (Phi) is 4.89. The van der Waals surface area contributed by atoms with Gasteiger partial charge in [0.05, 0.1) is 19.3 Å². The number of hydrogen-bond donors (Lipinski definition) is 1. The third-order valence-corrected chi connectivity index (χ3v) is 3.88. The van der Waals surface area contributed by atoms with E-state index in [1.807, 2.05) is 0 Å². The summed E-state index contributed by atoms with van der Waals surface area (Å²) in [6.45, 7) is 2.57. The molecule has 4 nitrogen and oxygen atoms in total. The third kappa shape index (κ3) is 3.39. The Morgan fingerprint density at radius 1 is 1.28 bits per heavy atom. The molecule has 2 aliphatic rings. The lowest BCUT2D eigenvalue weighted by molar-refractivity contribution is 0.0523. The van der Waals surface area contributed by atoms with Gasteiger partial charge >= 0.3 is 6.03 Å². The Morgan fingerprint density at radius 2 is 1.94 bits per heavy atom. The highest BCUT2D eigenvalue weighted by molar-refractivity contribution is 5.75. The first kappa shape index (κ1) is 13.2. The second kappa shape index (κ2) is 6.65. The van der Waals surface area contributed by atoms with Crippen LogP contribution in [-0.2, 0) is 4.74 Å². The molecule has 18 heavy (non-hydrogen) atoms. The number of amides is 2. The van der Waals surface area contributed by atoms with E-state index >= 15 is 0 Å². The SMILES string of the molecule is C#CC(NC(=O)N1CCOCC1)C1CCCCC1. The summed E-state index contributed by atoms with van der Waals surface area (Å²) < 4.78 is 5.24. The first-order chi connectivity index (χ1) is 8.81. The van der Waals surface area contributed by atoms with Gasteiger partial charge in [-0.25, -0.2) is 4.79 Å². The van der Waals surface area contributed by atoms with Crippen LogP contribution >= 0.6 is 0 Å². The topological polar surface area (TPSA) is 41.6 Å². The zero-order valence-corrected chi connectivity index (χ0v) is 10.9. The molecule has 2 fully saturated rings.